The van der Waals surface area contributed by atoms with Crippen molar-refractivity contribution < 1.29 is 9.18 Å². The Balaban J connectivity index is 2.80. The summed E-state index contributed by atoms with van der Waals surface area (Å²) in [6, 6.07) is 4.83. The number of hydrogen-bond donors (Lipinski definition) is 1. The largest absolute Gasteiger partial charge is 0.326 e. The fourth-order valence-electron chi connectivity index (χ4n) is 1.09. The Morgan fingerprint density at radius 1 is 1.43 bits per heavy atom. The molecule has 1 aromatic carbocycles. The van der Waals surface area contributed by atoms with Crippen molar-refractivity contribution in [2.45, 2.75) is 13.0 Å². The molecule has 0 spiro atoms. The molecule has 0 saturated carbocycles. The van der Waals surface area contributed by atoms with Crippen LogP contribution >= 0.6 is 0 Å². The quantitative estimate of drug-likeness (QED) is 0.742. The fourth-order valence-corrected chi connectivity index (χ4v) is 1.09. The van der Waals surface area contributed by atoms with E-state index in [-0.39, 0.29) is 12.4 Å². The molecule has 14 heavy (non-hydrogen) atoms. The zero-order valence-corrected chi connectivity index (χ0v) is 7.74. The molecule has 1 rings (SSSR count). The van der Waals surface area contributed by atoms with Gasteiger partial charge in [0.05, 0.1) is 0 Å². The summed E-state index contributed by atoms with van der Waals surface area (Å²) in [5.41, 5.74) is 6.55. The summed E-state index contributed by atoms with van der Waals surface area (Å²) in [6.45, 7) is 0.199. The summed E-state index contributed by atoms with van der Waals surface area (Å²) >= 11 is 0. The fraction of sp³-hybridized carbons (Fsp3) is 0.182. The van der Waals surface area contributed by atoms with E-state index in [1.54, 1.807) is 24.3 Å². The van der Waals surface area contributed by atoms with Crippen LogP contribution in [0.25, 0.3) is 6.08 Å². The second kappa shape index (κ2) is 5.29. The highest BCUT2D eigenvalue weighted by Crippen LogP contribution is 2.11. The van der Waals surface area contributed by atoms with Gasteiger partial charge in [0.1, 0.15) is 12.1 Å². The summed E-state index contributed by atoms with van der Waals surface area (Å²) < 4.78 is 13.2. The van der Waals surface area contributed by atoms with Gasteiger partial charge in [0.2, 0.25) is 0 Å². The molecule has 0 amide bonds. The van der Waals surface area contributed by atoms with E-state index < -0.39 is 0 Å². The topological polar surface area (TPSA) is 43.1 Å². The normalized spacial score (nSPS) is 10.7. The minimum Gasteiger partial charge on any atom is -0.326 e. The highest BCUT2D eigenvalue weighted by Gasteiger charge is 1.99. The van der Waals surface area contributed by atoms with Crippen LogP contribution in [0.1, 0.15) is 17.5 Å². The Morgan fingerprint density at radius 3 is 2.79 bits per heavy atom. The molecule has 3 heteroatoms. The summed E-state index contributed by atoms with van der Waals surface area (Å²) in [5, 5.41) is 0. The number of carbonyl (C=O) groups excluding carboxylic acids is 1. The number of aldehydes is 1. The van der Waals surface area contributed by atoms with Gasteiger partial charge in [-0.3, -0.25) is 0 Å². The highest BCUT2D eigenvalue weighted by atomic mass is 19.1. The first-order valence-corrected chi connectivity index (χ1v) is 4.36. The Kier molecular flexibility index (Phi) is 4.01. The van der Waals surface area contributed by atoms with Gasteiger partial charge in [-0.1, -0.05) is 24.3 Å². The van der Waals surface area contributed by atoms with Crippen LogP contribution in [0, 0.1) is 5.82 Å². The van der Waals surface area contributed by atoms with Gasteiger partial charge in [0.15, 0.2) is 0 Å². The van der Waals surface area contributed by atoms with E-state index in [0.717, 1.165) is 11.8 Å². The molecule has 2 nitrogen and oxygen atoms in total. The third kappa shape index (κ3) is 2.78. The number of benzene rings is 1. The summed E-state index contributed by atoms with van der Waals surface area (Å²) in [4.78, 5) is 10.0. The zero-order valence-electron chi connectivity index (χ0n) is 7.74. The molecule has 0 heterocycles. The molecule has 74 valence electrons. The number of allylic oxidation sites excluding steroid dienone is 1. The number of nitrogens with two attached hydrogens (primary N) is 1. The van der Waals surface area contributed by atoms with Gasteiger partial charge in [-0.15, -0.1) is 0 Å². The Hall–Kier alpha value is -1.48. The van der Waals surface area contributed by atoms with Crippen LogP contribution in [-0.2, 0) is 11.3 Å². The van der Waals surface area contributed by atoms with E-state index in [1.165, 1.54) is 6.07 Å². The molecular formula is C11H12FNO. The van der Waals surface area contributed by atoms with Crippen molar-refractivity contribution in [1.82, 2.24) is 0 Å². The summed E-state index contributed by atoms with van der Waals surface area (Å²) in [7, 11) is 0. The molecule has 0 atom stereocenters. The van der Waals surface area contributed by atoms with Crippen LogP contribution in [0.4, 0.5) is 4.39 Å². The first kappa shape index (κ1) is 10.6. The molecule has 0 aliphatic rings. The molecular weight excluding hydrogens is 181 g/mol. The van der Waals surface area contributed by atoms with E-state index in [4.69, 9.17) is 5.73 Å². The van der Waals surface area contributed by atoms with E-state index >= 15 is 0 Å². The molecule has 0 radical (unpaired) electrons. The average molecular weight is 193 g/mol. The molecule has 0 aliphatic carbocycles. The lowest BCUT2D eigenvalue weighted by Crippen LogP contribution is -1.99. The summed E-state index contributed by atoms with van der Waals surface area (Å²) in [5.74, 6) is -0.305. The van der Waals surface area contributed by atoms with Gasteiger partial charge in [0.25, 0.3) is 0 Å². The van der Waals surface area contributed by atoms with E-state index in [0.29, 0.717) is 12.0 Å². The Bertz CT molecular complexity index is 347. The second-order valence-electron chi connectivity index (χ2n) is 2.86. The van der Waals surface area contributed by atoms with E-state index in [9.17, 15) is 9.18 Å². The number of halogens is 1. The lowest BCUT2D eigenvalue weighted by Gasteiger charge is -2.00. The highest BCUT2D eigenvalue weighted by molar-refractivity contribution is 5.58. The van der Waals surface area contributed by atoms with Gasteiger partial charge in [0, 0.05) is 18.5 Å². The monoisotopic (exact) mass is 193 g/mol. The van der Waals surface area contributed by atoms with Crippen LogP contribution in [0.2, 0.25) is 0 Å². The van der Waals surface area contributed by atoms with Crippen molar-refractivity contribution in [3.63, 3.8) is 0 Å². The minimum absolute atomic E-state index is 0.199. The maximum atomic E-state index is 13.2. The molecule has 0 bridgehead atoms. The third-order valence-electron chi connectivity index (χ3n) is 1.84. The minimum atomic E-state index is -0.305. The molecule has 2 N–H and O–H groups in total. The van der Waals surface area contributed by atoms with Gasteiger partial charge >= 0.3 is 0 Å². The standard InChI is InChI=1S/C11H12FNO/c12-11-7-9(3-1-2-6-14)4-5-10(11)8-13/h1,3-7H,2,8,13H2. The summed E-state index contributed by atoms with van der Waals surface area (Å²) in [6.07, 6.45) is 4.53. The maximum Gasteiger partial charge on any atom is 0.128 e. The van der Waals surface area contributed by atoms with Gasteiger partial charge < -0.3 is 10.5 Å². The van der Waals surface area contributed by atoms with Crippen LogP contribution in [-0.4, -0.2) is 6.29 Å². The predicted molar refractivity (Wildman–Crippen MR) is 54.0 cm³/mol. The SMILES string of the molecule is NCc1ccc(C=CCC=O)cc1F. The van der Waals surface area contributed by atoms with Crippen molar-refractivity contribution in [2.75, 3.05) is 0 Å². The van der Waals surface area contributed by atoms with Gasteiger partial charge in [-0.05, 0) is 11.6 Å². The van der Waals surface area contributed by atoms with Crippen LogP contribution in [0.3, 0.4) is 0 Å². The van der Waals surface area contributed by atoms with Crippen molar-refractivity contribution in [2.24, 2.45) is 5.73 Å². The number of rotatable bonds is 4. The van der Waals surface area contributed by atoms with E-state index in [2.05, 4.69) is 0 Å². The molecule has 0 unspecified atom stereocenters. The number of carbonyl (C=O) groups is 1. The maximum absolute atomic E-state index is 13.2. The number of hydrogen-bond acceptors (Lipinski definition) is 2. The first-order valence-electron chi connectivity index (χ1n) is 4.36. The van der Waals surface area contributed by atoms with Gasteiger partial charge in [-0.2, -0.15) is 0 Å². The average Bonchev–Trinajstić information content (AvgIpc) is 2.18. The Morgan fingerprint density at radius 2 is 2.21 bits per heavy atom. The van der Waals surface area contributed by atoms with E-state index in [1.807, 2.05) is 0 Å². The molecule has 0 saturated heterocycles. The predicted octanol–water partition coefficient (Wildman–Crippen LogP) is 1.89. The van der Waals surface area contributed by atoms with Crippen LogP contribution < -0.4 is 5.73 Å². The molecule has 0 aliphatic heterocycles. The zero-order chi connectivity index (χ0) is 10.4. The second-order valence-corrected chi connectivity index (χ2v) is 2.86. The van der Waals surface area contributed by atoms with Crippen molar-refractivity contribution >= 4 is 12.4 Å². The molecule has 0 aromatic heterocycles. The van der Waals surface area contributed by atoms with Crippen LogP contribution in [0.15, 0.2) is 24.3 Å². The van der Waals surface area contributed by atoms with Gasteiger partial charge in [-0.25, -0.2) is 4.39 Å². The lowest BCUT2D eigenvalue weighted by atomic mass is 10.1. The smallest absolute Gasteiger partial charge is 0.128 e. The molecule has 0 fully saturated rings. The first-order chi connectivity index (χ1) is 6.77. The Labute approximate surface area is 82.2 Å². The van der Waals surface area contributed by atoms with Crippen molar-refractivity contribution in [1.29, 1.82) is 0 Å². The van der Waals surface area contributed by atoms with Crippen molar-refractivity contribution in [3.05, 3.63) is 41.2 Å². The van der Waals surface area contributed by atoms with Crippen molar-refractivity contribution in [3.8, 4) is 0 Å². The lowest BCUT2D eigenvalue weighted by molar-refractivity contribution is -0.107. The third-order valence-corrected chi connectivity index (χ3v) is 1.84. The molecule has 1 aromatic rings. The van der Waals surface area contributed by atoms with Crippen LogP contribution in [0.5, 0.6) is 0 Å².